The number of esters is 1. The van der Waals surface area contributed by atoms with Crippen molar-refractivity contribution in [2.75, 3.05) is 19.0 Å². The molecule has 34 heavy (non-hydrogen) atoms. The molecule has 0 fully saturated rings. The minimum atomic E-state index is -0.320. The van der Waals surface area contributed by atoms with Crippen LogP contribution in [0.3, 0.4) is 0 Å². The standard InChI is InChI=1S/C30H28N2O2/c1-19-6-7-23-16-24(9-8-22(23)14-19)29-18-26(30(33)34-29)17-25-15-20(2)32(21(25)3)28-12-10-27(11-13-28)31(4)5/h6-18H,1-5H3/b26-17-. The highest BCUT2D eigenvalue weighted by Crippen LogP contribution is 2.31. The van der Waals surface area contributed by atoms with Crippen molar-refractivity contribution < 1.29 is 9.53 Å². The molecule has 170 valence electrons. The van der Waals surface area contributed by atoms with Crippen LogP contribution in [0.1, 0.15) is 28.1 Å². The van der Waals surface area contributed by atoms with Crippen molar-refractivity contribution in [3.63, 3.8) is 0 Å². The first-order valence-electron chi connectivity index (χ1n) is 11.4. The van der Waals surface area contributed by atoms with E-state index in [4.69, 9.17) is 4.74 Å². The molecule has 0 spiro atoms. The largest absolute Gasteiger partial charge is 0.422 e. The minimum Gasteiger partial charge on any atom is -0.422 e. The first-order valence-corrected chi connectivity index (χ1v) is 11.4. The quantitative estimate of drug-likeness (QED) is 0.260. The van der Waals surface area contributed by atoms with E-state index in [1.165, 1.54) is 10.9 Å². The van der Waals surface area contributed by atoms with Gasteiger partial charge in [0.05, 0.1) is 5.57 Å². The van der Waals surface area contributed by atoms with Gasteiger partial charge in [-0.2, -0.15) is 0 Å². The average Bonchev–Trinajstić information content (AvgIpc) is 3.32. The van der Waals surface area contributed by atoms with Crippen molar-refractivity contribution in [3.8, 4) is 5.69 Å². The Balaban J connectivity index is 1.48. The number of carbonyl (C=O) groups is 1. The number of nitrogens with zero attached hydrogens (tertiary/aromatic N) is 2. The van der Waals surface area contributed by atoms with Gasteiger partial charge in [0, 0.05) is 42.4 Å². The average molecular weight is 449 g/mol. The number of hydrogen-bond acceptors (Lipinski definition) is 3. The summed E-state index contributed by atoms with van der Waals surface area (Å²) in [5.74, 6) is 0.269. The van der Waals surface area contributed by atoms with Crippen LogP contribution in [0.25, 0.3) is 28.3 Å². The number of carbonyl (C=O) groups excluding carboxylic acids is 1. The predicted molar refractivity (Wildman–Crippen MR) is 140 cm³/mol. The highest BCUT2D eigenvalue weighted by molar-refractivity contribution is 6.05. The molecule has 0 N–H and O–H groups in total. The molecule has 3 aromatic carbocycles. The van der Waals surface area contributed by atoms with Crippen LogP contribution < -0.4 is 4.90 Å². The van der Waals surface area contributed by atoms with Crippen LogP contribution in [0, 0.1) is 20.8 Å². The molecule has 0 unspecified atom stereocenters. The third kappa shape index (κ3) is 3.92. The second kappa shape index (κ2) is 8.38. The van der Waals surface area contributed by atoms with Gasteiger partial charge >= 0.3 is 5.97 Å². The lowest BCUT2D eigenvalue weighted by molar-refractivity contribution is -0.130. The molecule has 4 nitrogen and oxygen atoms in total. The molecule has 1 aliphatic rings. The van der Waals surface area contributed by atoms with Crippen LogP contribution >= 0.6 is 0 Å². The molecule has 4 aromatic rings. The molecule has 0 saturated carbocycles. The van der Waals surface area contributed by atoms with Gasteiger partial charge in [-0.15, -0.1) is 0 Å². The lowest BCUT2D eigenvalue weighted by Gasteiger charge is -2.14. The SMILES string of the molecule is Cc1ccc2cc(C3=C/C(=C/c4cc(C)n(-c5ccc(N(C)C)cc5)c4C)C(=O)O3)ccc2c1. The fourth-order valence-corrected chi connectivity index (χ4v) is 4.55. The Kier molecular flexibility index (Phi) is 5.37. The number of cyclic esters (lactones) is 1. The van der Waals surface area contributed by atoms with Gasteiger partial charge in [-0.05, 0) is 85.7 Å². The summed E-state index contributed by atoms with van der Waals surface area (Å²) in [7, 11) is 4.07. The molecule has 0 atom stereocenters. The number of aryl methyl sites for hydroxylation is 2. The van der Waals surface area contributed by atoms with E-state index >= 15 is 0 Å². The van der Waals surface area contributed by atoms with Crippen LogP contribution in [0.4, 0.5) is 5.69 Å². The van der Waals surface area contributed by atoms with Crippen LogP contribution in [0.15, 0.2) is 78.4 Å². The molecule has 0 bridgehead atoms. The smallest absolute Gasteiger partial charge is 0.343 e. The Morgan fingerprint density at radius 3 is 2.29 bits per heavy atom. The van der Waals surface area contributed by atoms with Gasteiger partial charge in [0.25, 0.3) is 0 Å². The molecule has 0 amide bonds. The first-order chi connectivity index (χ1) is 16.3. The van der Waals surface area contributed by atoms with Crippen molar-refractivity contribution in [2.24, 2.45) is 0 Å². The van der Waals surface area contributed by atoms with E-state index in [-0.39, 0.29) is 5.97 Å². The number of hydrogen-bond donors (Lipinski definition) is 0. The zero-order valence-corrected chi connectivity index (χ0v) is 20.2. The molecular formula is C30H28N2O2. The van der Waals surface area contributed by atoms with Crippen LogP contribution in [-0.4, -0.2) is 24.6 Å². The van der Waals surface area contributed by atoms with Crippen molar-refractivity contribution in [3.05, 3.63) is 106 Å². The van der Waals surface area contributed by atoms with Gasteiger partial charge in [-0.25, -0.2) is 4.79 Å². The zero-order valence-electron chi connectivity index (χ0n) is 20.2. The van der Waals surface area contributed by atoms with Crippen molar-refractivity contribution in [1.29, 1.82) is 0 Å². The molecule has 2 heterocycles. The third-order valence-corrected chi connectivity index (χ3v) is 6.41. The van der Waals surface area contributed by atoms with E-state index in [0.29, 0.717) is 11.3 Å². The fraction of sp³-hybridized carbons (Fsp3) is 0.167. The third-order valence-electron chi connectivity index (χ3n) is 6.41. The van der Waals surface area contributed by atoms with Crippen molar-refractivity contribution in [1.82, 2.24) is 4.57 Å². The lowest BCUT2D eigenvalue weighted by Crippen LogP contribution is -2.08. The van der Waals surface area contributed by atoms with Crippen LogP contribution in [-0.2, 0) is 9.53 Å². The van der Waals surface area contributed by atoms with Gasteiger partial charge in [0.1, 0.15) is 5.76 Å². The number of benzene rings is 3. The van der Waals surface area contributed by atoms with E-state index in [1.54, 1.807) is 0 Å². The molecule has 1 aromatic heterocycles. The minimum absolute atomic E-state index is 0.320. The number of ether oxygens (including phenoxy) is 1. The van der Waals surface area contributed by atoms with E-state index in [2.05, 4.69) is 90.9 Å². The Labute approximate surface area is 200 Å². The first kappa shape index (κ1) is 21.8. The van der Waals surface area contributed by atoms with E-state index in [0.717, 1.165) is 39.3 Å². The predicted octanol–water partition coefficient (Wildman–Crippen LogP) is 6.60. The highest BCUT2D eigenvalue weighted by atomic mass is 16.5. The molecule has 0 radical (unpaired) electrons. The highest BCUT2D eigenvalue weighted by Gasteiger charge is 2.23. The molecular weight excluding hydrogens is 420 g/mol. The summed E-state index contributed by atoms with van der Waals surface area (Å²) >= 11 is 0. The Hall–Kier alpha value is -4.05. The molecule has 1 aliphatic heterocycles. The van der Waals surface area contributed by atoms with Crippen LogP contribution in [0.5, 0.6) is 0 Å². The molecule has 0 aliphatic carbocycles. The summed E-state index contributed by atoms with van der Waals surface area (Å²) in [6.45, 7) is 6.25. The maximum absolute atomic E-state index is 12.7. The Morgan fingerprint density at radius 2 is 1.56 bits per heavy atom. The van der Waals surface area contributed by atoms with Gasteiger partial charge in [0.2, 0.25) is 0 Å². The summed E-state index contributed by atoms with van der Waals surface area (Å²) in [5, 5.41) is 2.30. The number of anilines is 1. The fourth-order valence-electron chi connectivity index (χ4n) is 4.55. The molecule has 0 saturated heterocycles. The van der Waals surface area contributed by atoms with Crippen molar-refractivity contribution in [2.45, 2.75) is 20.8 Å². The monoisotopic (exact) mass is 448 g/mol. The zero-order chi connectivity index (χ0) is 24.0. The summed E-state index contributed by atoms with van der Waals surface area (Å²) in [4.78, 5) is 14.8. The second-order valence-electron chi connectivity index (χ2n) is 9.14. The number of rotatable bonds is 4. The summed E-state index contributed by atoms with van der Waals surface area (Å²) in [5.41, 5.74) is 8.14. The topological polar surface area (TPSA) is 34.5 Å². The molecule has 4 heteroatoms. The number of aromatic nitrogens is 1. The van der Waals surface area contributed by atoms with Gasteiger partial charge < -0.3 is 14.2 Å². The van der Waals surface area contributed by atoms with Crippen LogP contribution in [0.2, 0.25) is 0 Å². The Morgan fingerprint density at radius 1 is 0.853 bits per heavy atom. The van der Waals surface area contributed by atoms with Gasteiger partial charge in [-0.3, -0.25) is 0 Å². The number of fused-ring (bicyclic) bond motifs is 1. The Bertz CT molecular complexity index is 1480. The summed E-state index contributed by atoms with van der Waals surface area (Å²) in [6.07, 6.45) is 3.77. The van der Waals surface area contributed by atoms with Gasteiger partial charge in [-0.1, -0.05) is 35.9 Å². The van der Waals surface area contributed by atoms with Crippen molar-refractivity contribution >= 4 is 34.3 Å². The lowest BCUT2D eigenvalue weighted by atomic mass is 10.0. The van der Waals surface area contributed by atoms with Gasteiger partial charge in [0.15, 0.2) is 0 Å². The maximum atomic E-state index is 12.7. The second-order valence-corrected chi connectivity index (χ2v) is 9.14. The molecule has 5 rings (SSSR count). The van der Waals surface area contributed by atoms with E-state index < -0.39 is 0 Å². The maximum Gasteiger partial charge on any atom is 0.343 e. The van der Waals surface area contributed by atoms with E-state index in [9.17, 15) is 4.79 Å². The van der Waals surface area contributed by atoms with E-state index in [1.807, 2.05) is 32.3 Å². The normalized spacial score (nSPS) is 14.6. The summed E-state index contributed by atoms with van der Waals surface area (Å²) in [6, 6.07) is 23.1. The summed E-state index contributed by atoms with van der Waals surface area (Å²) < 4.78 is 7.85.